The van der Waals surface area contributed by atoms with Crippen LogP contribution in [0, 0.1) is 6.92 Å². The summed E-state index contributed by atoms with van der Waals surface area (Å²) in [6, 6.07) is 7.27. The molecule has 1 aromatic heterocycles. The van der Waals surface area contributed by atoms with Gasteiger partial charge in [-0.2, -0.15) is 4.98 Å². The topological polar surface area (TPSA) is 79.5 Å². The van der Waals surface area contributed by atoms with E-state index in [-0.39, 0.29) is 24.9 Å². The van der Waals surface area contributed by atoms with E-state index in [0.29, 0.717) is 18.3 Å². The van der Waals surface area contributed by atoms with E-state index in [9.17, 15) is 9.59 Å². The van der Waals surface area contributed by atoms with E-state index >= 15 is 0 Å². The molecule has 0 spiro atoms. The lowest BCUT2D eigenvalue weighted by Crippen LogP contribution is -2.58. The van der Waals surface area contributed by atoms with E-state index in [1.165, 1.54) is 4.90 Å². The first-order valence-electron chi connectivity index (χ1n) is 8.47. The molecule has 2 aromatic rings. The zero-order valence-corrected chi connectivity index (χ0v) is 14.7. The zero-order valence-electron chi connectivity index (χ0n) is 14.7. The third-order valence-corrected chi connectivity index (χ3v) is 4.36. The summed E-state index contributed by atoms with van der Waals surface area (Å²) in [4.78, 5) is 32.2. The first-order valence-corrected chi connectivity index (χ1v) is 8.47. The molecule has 0 aliphatic carbocycles. The first-order chi connectivity index (χ1) is 12.0. The van der Waals surface area contributed by atoms with Gasteiger partial charge in [0.1, 0.15) is 12.6 Å². The first kappa shape index (κ1) is 17.1. The van der Waals surface area contributed by atoms with E-state index in [1.807, 2.05) is 38.1 Å². The van der Waals surface area contributed by atoms with Crippen LogP contribution in [0.2, 0.25) is 0 Å². The van der Waals surface area contributed by atoms with E-state index < -0.39 is 6.04 Å². The number of piperazine rings is 1. The quantitative estimate of drug-likeness (QED) is 0.830. The molecule has 1 aromatic carbocycles. The number of rotatable bonds is 5. The molecular formula is C18H22N4O3. The van der Waals surface area contributed by atoms with E-state index in [4.69, 9.17) is 4.52 Å². The fraction of sp³-hybridized carbons (Fsp3) is 0.444. The van der Waals surface area contributed by atoms with Gasteiger partial charge in [-0.3, -0.25) is 9.59 Å². The third-order valence-electron chi connectivity index (χ3n) is 4.36. The predicted molar refractivity (Wildman–Crippen MR) is 91.4 cm³/mol. The van der Waals surface area contributed by atoms with Crippen molar-refractivity contribution in [1.29, 1.82) is 0 Å². The maximum absolute atomic E-state index is 12.4. The SMILES string of the molecule is CCCN1CC(=O)N(Cc2nc(-c3ccc(C)cc3)no2)[C@@H](C)C1=O. The zero-order chi connectivity index (χ0) is 18.0. The summed E-state index contributed by atoms with van der Waals surface area (Å²) in [6.45, 7) is 6.58. The molecular weight excluding hydrogens is 320 g/mol. The second-order valence-electron chi connectivity index (χ2n) is 6.34. The van der Waals surface area contributed by atoms with Gasteiger partial charge in [-0.05, 0) is 20.3 Å². The number of hydrogen-bond acceptors (Lipinski definition) is 5. The fourth-order valence-electron chi connectivity index (χ4n) is 2.91. The van der Waals surface area contributed by atoms with Crippen LogP contribution in [0.15, 0.2) is 28.8 Å². The maximum Gasteiger partial charge on any atom is 0.246 e. The lowest BCUT2D eigenvalue weighted by atomic mass is 10.1. The van der Waals surface area contributed by atoms with Crippen molar-refractivity contribution in [3.05, 3.63) is 35.7 Å². The molecule has 25 heavy (non-hydrogen) atoms. The number of amides is 2. The van der Waals surface area contributed by atoms with Crippen molar-refractivity contribution >= 4 is 11.8 Å². The second-order valence-corrected chi connectivity index (χ2v) is 6.34. The minimum atomic E-state index is -0.525. The Kier molecular flexibility index (Phi) is 4.83. The second kappa shape index (κ2) is 7.04. The number of carbonyl (C=O) groups excluding carboxylic acids is 2. The Balaban J connectivity index is 1.73. The number of benzene rings is 1. The number of carbonyl (C=O) groups is 2. The Labute approximate surface area is 146 Å². The molecule has 7 heteroatoms. The molecule has 1 aliphatic rings. The van der Waals surface area contributed by atoms with Crippen LogP contribution in [0.25, 0.3) is 11.4 Å². The van der Waals surface area contributed by atoms with Crippen molar-refractivity contribution in [3.63, 3.8) is 0 Å². The van der Waals surface area contributed by atoms with Crippen molar-refractivity contribution in [1.82, 2.24) is 19.9 Å². The van der Waals surface area contributed by atoms with Crippen LogP contribution in [0.5, 0.6) is 0 Å². The summed E-state index contributed by atoms with van der Waals surface area (Å²) in [7, 11) is 0. The van der Waals surface area contributed by atoms with Crippen LogP contribution in [0.3, 0.4) is 0 Å². The summed E-state index contributed by atoms with van der Waals surface area (Å²) in [5.74, 6) is 0.661. The summed E-state index contributed by atoms with van der Waals surface area (Å²) < 4.78 is 5.28. The average Bonchev–Trinajstić information content (AvgIpc) is 3.06. The minimum absolute atomic E-state index is 0.0419. The van der Waals surface area contributed by atoms with Crippen molar-refractivity contribution in [2.45, 2.75) is 39.8 Å². The Morgan fingerprint density at radius 2 is 1.96 bits per heavy atom. The highest BCUT2D eigenvalue weighted by Gasteiger charge is 2.36. The standard InChI is InChI=1S/C18H22N4O3/c1-4-9-21-11-16(23)22(13(3)18(21)24)10-15-19-17(20-25-15)14-7-5-12(2)6-8-14/h5-8,13H,4,9-11H2,1-3H3/t13-/m0/s1. The van der Waals surface area contributed by atoms with Crippen LogP contribution in [0.4, 0.5) is 0 Å². The van der Waals surface area contributed by atoms with Crippen LogP contribution in [0.1, 0.15) is 31.7 Å². The molecule has 1 aliphatic heterocycles. The van der Waals surface area contributed by atoms with Crippen molar-refractivity contribution < 1.29 is 14.1 Å². The summed E-state index contributed by atoms with van der Waals surface area (Å²) in [5, 5.41) is 3.98. The Hall–Kier alpha value is -2.70. The fourth-order valence-corrected chi connectivity index (χ4v) is 2.91. The lowest BCUT2D eigenvalue weighted by Gasteiger charge is -2.37. The van der Waals surface area contributed by atoms with Gasteiger partial charge in [-0.25, -0.2) is 0 Å². The van der Waals surface area contributed by atoms with Gasteiger partial charge in [0, 0.05) is 12.1 Å². The van der Waals surface area contributed by atoms with E-state index in [0.717, 1.165) is 17.5 Å². The van der Waals surface area contributed by atoms with Gasteiger partial charge in [0.2, 0.25) is 23.5 Å². The molecule has 1 saturated heterocycles. The summed E-state index contributed by atoms with van der Waals surface area (Å²) in [5.41, 5.74) is 2.00. The van der Waals surface area contributed by atoms with E-state index in [1.54, 1.807) is 11.8 Å². The number of aromatic nitrogens is 2. The highest BCUT2D eigenvalue weighted by Crippen LogP contribution is 2.19. The summed E-state index contributed by atoms with van der Waals surface area (Å²) >= 11 is 0. The van der Waals surface area contributed by atoms with Crippen LogP contribution in [-0.4, -0.2) is 50.9 Å². The minimum Gasteiger partial charge on any atom is -0.337 e. The predicted octanol–water partition coefficient (Wildman–Crippen LogP) is 2.01. The Morgan fingerprint density at radius 1 is 1.24 bits per heavy atom. The molecule has 132 valence electrons. The van der Waals surface area contributed by atoms with Crippen LogP contribution < -0.4 is 0 Å². The smallest absolute Gasteiger partial charge is 0.246 e. The maximum atomic E-state index is 12.4. The van der Waals surface area contributed by atoms with Crippen molar-refractivity contribution in [3.8, 4) is 11.4 Å². The van der Waals surface area contributed by atoms with Gasteiger partial charge in [-0.1, -0.05) is 41.9 Å². The number of nitrogens with zero attached hydrogens (tertiary/aromatic N) is 4. The normalized spacial score (nSPS) is 18.1. The molecule has 2 heterocycles. The number of hydrogen-bond donors (Lipinski definition) is 0. The molecule has 3 rings (SSSR count). The molecule has 0 radical (unpaired) electrons. The molecule has 0 saturated carbocycles. The molecule has 1 atom stereocenters. The Morgan fingerprint density at radius 3 is 2.64 bits per heavy atom. The molecule has 0 unspecified atom stereocenters. The van der Waals surface area contributed by atoms with Crippen molar-refractivity contribution in [2.75, 3.05) is 13.1 Å². The van der Waals surface area contributed by atoms with Gasteiger partial charge >= 0.3 is 0 Å². The molecule has 1 fully saturated rings. The molecule has 2 amide bonds. The van der Waals surface area contributed by atoms with E-state index in [2.05, 4.69) is 10.1 Å². The molecule has 0 N–H and O–H groups in total. The molecule has 0 bridgehead atoms. The van der Waals surface area contributed by atoms with Gasteiger partial charge in [0.15, 0.2) is 0 Å². The monoisotopic (exact) mass is 342 g/mol. The highest BCUT2D eigenvalue weighted by molar-refractivity contribution is 5.94. The van der Waals surface area contributed by atoms with Crippen molar-refractivity contribution in [2.24, 2.45) is 0 Å². The van der Waals surface area contributed by atoms with Gasteiger partial charge in [-0.15, -0.1) is 0 Å². The highest BCUT2D eigenvalue weighted by atomic mass is 16.5. The van der Waals surface area contributed by atoms with Gasteiger partial charge < -0.3 is 14.3 Å². The lowest BCUT2D eigenvalue weighted by molar-refractivity contribution is -0.156. The Bertz CT molecular complexity index is 769. The third kappa shape index (κ3) is 3.55. The molecule has 7 nitrogen and oxygen atoms in total. The van der Waals surface area contributed by atoms with Crippen LogP contribution >= 0.6 is 0 Å². The summed E-state index contributed by atoms with van der Waals surface area (Å²) in [6.07, 6.45) is 0.829. The van der Waals surface area contributed by atoms with Gasteiger partial charge in [0.05, 0.1) is 6.54 Å². The largest absolute Gasteiger partial charge is 0.337 e. The van der Waals surface area contributed by atoms with Crippen LogP contribution in [-0.2, 0) is 16.1 Å². The number of aryl methyl sites for hydroxylation is 1. The van der Waals surface area contributed by atoms with Gasteiger partial charge in [0.25, 0.3) is 0 Å². The average molecular weight is 342 g/mol.